The Bertz CT molecular complexity index is 429. The molecule has 0 bridgehead atoms. The van der Waals surface area contributed by atoms with Crippen LogP contribution in [0, 0.1) is 19.3 Å². The fourth-order valence-electron chi connectivity index (χ4n) is 2.49. The molecule has 1 aliphatic carbocycles. The first-order valence-electron chi connectivity index (χ1n) is 6.15. The summed E-state index contributed by atoms with van der Waals surface area (Å²) in [4.78, 5) is 8.59. The predicted octanol–water partition coefficient (Wildman–Crippen LogP) is 3.74. The fourth-order valence-corrected chi connectivity index (χ4v) is 2.70. The summed E-state index contributed by atoms with van der Waals surface area (Å²) < 4.78 is 0. The molecule has 1 aromatic heterocycles. The van der Waals surface area contributed by atoms with Crippen LogP contribution in [0.3, 0.4) is 0 Å². The van der Waals surface area contributed by atoms with Crippen molar-refractivity contribution in [3.63, 3.8) is 0 Å². The number of aromatic nitrogens is 2. The monoisotopic (exact) mass is 253 g/mol. The van der Waals surface area contributed by atoms with Gasteiger partial charge in [0, 0.05) is 11.6 Å². The fraction of sp³-hybridized carbons (Fsp3) is 0.692. The van der Waals surface area contributed by atoms with Gasteiger partial charge in [0.05, 0.1) is 0 Å². The molecule has 1 atom stereocenters. The van der Waals surface area contributed by atoms with Crippen LogP contribution in [-0.2, 0) is 0 Å². The number of rotatable bonds is 2. The highest BCUT2D eigenvalue weighted by Gasteiger charge is 2.31. The summed E-state index contributed by atoms with van der Waals surface area (Å²) in [6.07, 6.45) is 3.65. The van der Waals surface area contributed by atoms with Gasteiger partial charge in [-0.1, -0.05) is 25.4 Å². The second kappa shape index (κ2) is 4.45. The van der Waals surface area contributed by atoms with E-state index in [-0.39, 0.29) is 0 Å². The normalized spacial score (nSPS) is 22.8. The first-order valence-corrected chi connectivity index (χ1v) is 6.52. The third-order valence-electron chi connectivity index (χ3n) is 3.51. The minimum Gasteiger partial charge on any atom is -0.367 e. The molecule has 0 aromatic carbocycles. The van der Waals surface area contributed by atoms with E-state index in [4.69, 9.17) is 11.6 Å². The van der Waals surface area contributed by atoms with Gasteiger partial charge in [-0.3, -0.25) is 0 Å². The highest BCUT2D eigenvalue weighted by atomic mass is 35.5. The largest absolute Gasteiger partial charge is 0.367 e. The minimum atomic E-state index is 0.442. The molecule has 0 saturated heterocycles. The number of anilines is 1. The Morgan fingerprint density at radius 1 is 1.29 bits per heavy atom. The second-order valence-electron chi connectivity index (χ2n) is 5.78. The van der Waals surface area contributed by atoms with Gasteiger partial charge in [0.25, 0.3) is 0 Å². The van der Waals surface area contributed by atoms with Crippen molar-refractivity contribution >= 4 is 17.4 Å². The topological polar surface area (TPSA) is 37.8 Å². The predicted molar refractivity (Wildman–Crippen MR) is 71.6 cm³/mol. The maximum Gasteiger partial charge on any atom is 0.137 e. The van der Waals surface area contributed by atoms with Gasteiger partial charge in [0.2, 0.25) is 0 Å². The summed E-state index contributed by atoms with van der Waals surface area (Å²) >= 11 is 6.07. The Kier molecular flexibility index (Phi) is 3.30. The van der Waals surface area contributed by atoms with Crippen LogP contribution in [0.15, 0.2) is 0 Å². The number of hydrogen-bond donors (Lipinski definition) is 1. The first-order chi connectivity index (χ1) is 7.87. The molecule has 1 aliphatic rings. The molecule has 1 unspecified atom stereocenters. The minimum absolute atomic E-state index is 0.442. The molecular formula is C13H20ClN3. The van der Waals surface area contributed by atoms with Crippen LogP contribution in [0.5, 0.6) is 0 Å². The molecule has 94 valence electrons. The number of halogens is 1. The maximum atomic E-state index is 6.07. The Morgan fingerprint density at radius 2 is 2.00 bits per heavy atom. The van der Waals surface area contributed by atoms with Crippen molar-refractivity contribution in [1.29, 1.82) is 0 Å². The van der Waals surface area contributed by atoms with E-state index in [1.807, 2.05) is 13.8 Å². The van der Waals surface area contributed by atoms with Gasteiger partial charge in [-0.15, -0.1) is 0 Å². The first kappa shape index (κ1) is 12.6. The number of aryl methyl sites for hydroxylation is 1. The average Bonchev–Trinajstić information content (AvgIpc) is 2.54. The summed E-state index contributed by atoms with van der Waals surface area (Å²) in [6.45, 7) is 8.47. The quantitative estimate of drug-likeness (QED) is 0.816. The van der Waals surface area contributed by atoms with Gasteiger partial charge < -0.3 is 5.32 Å². The van der Waals surface area contributed by atoms with Crippen molar-refractivity contribution in [3.8, 4) is 0 Å². The van der Waals surface area contributed by atoms with Crippen LogP contribution in [0.25, 0.3) is 0 Å². The number of nitrogens with zero attached hydrogens (tertiary/aromatic N) is 2. The Labute approximate surface area is 108 Å². The van der Waals surface area contributed by atoms with Gasteiger partial charge in [0.15, 0.2) is 0 Å². The summed E-state index contributed by atoms with van der Waals surface area (Å²) in [5.41, 5.74) is 1.39. The van der Waals surface area contributed by atoms with Crippen molar-refractivity contribution in [1.82, 2.24) is 9.97 Å². The van der Waals surface area contributed by atoms with Crippen LogP contribution in [0.1, 0.15) is 44.5 Å². The van der Waals surface area contributed by atoms with E-state index in [0.717, 1.165) is 17.2 Å². The van der Waals surface area contributed by atoms with E-state index in [0.29, 0.717) is 16.6 Å². The van der Waals surface area contributed by atoms with E-state index in [1.165, 1.54) is 19.3 Å². The van der Waals surface area contributed by atoms with Crippen LogP contribution >= 0.6 is 11.6 Å². The van der Waals surface area contributed by atoms with Gasteiger partial charge in [-0.2, -0.15) is 0 Å². The zero-order chi connectivity index (χ0) is 12.6. The summed E-state index contributed by atoms with van der Waals surface area (Å²) in [7, 11) is 0. The SMILES string of the molecule is Cc1nc(Cl)c(C)c(NC2CCC(C)(C)C2)n1. The van der Waals surface area contributed by atoms with Crippen LogP contribution in [0.2, 0.25) is 5.15 Å². The summed E-state index contributed by atoms with van der Waals surface area (Å²) in [5, 5.41) is 4.06. The van der Waals surface area contributed by atoms with Crippen molar-refractivity contribution in [2.45, 2.75) is 53.0 Å². The van der Waals surface area contributed by atoms with Gasteiger partial charge in [-0.05, 0) is 38.5 Å². The number of hydrogen-bond acceptors (Lipinski definition) is 3. The van der Waals surface area contributed by atoms with E-state index in [2.05, 4.69) is 29.1 Å². The highest BCUT2D eigenvalue weighted by Crippen LogP contribution is 2.38. The molecule has 0 amide bonds. The van der Waals surface area contributed by atoms with Gasteiger partial charge in [-0.25, -0.2) is 9.97 Å². The molecule has 1 heterocycles. The molecule has 0 spiro atoms. The van der Waals surface area contributed by atoms with Crippen LogP contribution in [0.4, 0.5) is 5.82 Å². The molecule has 3 nitrogen and oxygen atoms in total. The lowest BCUT2D eigenvalue weighted by molar-refractivity contribution is 0.378. The van der Waals surface area contributed by atoms with E-state index in [1.54, 1.807) is 0 Å². The van der Waals surface area contributed by atoms with E-state index in [9.17, 15) is 0 Å². The average molecular weight is 254 g/mol. The molecule has 1 N–H and O–H groups in total. The molecule has 0 aliphatic heterocycles. The zero-order valence-electron chi connectivity index (χ0n) is 11.0. The molecule has 0 radical (unpaired) electrons. The molecule has 2 rings (SSSR count). The van der Waals surface area contributed by atoms with Crippen LogP contribution < -0.4 is 5.32 Å². The lowest BCUT2D eigenvalue weighted by Gasteiger charge is -2.19. The number of nitrogens with one attached hydrogen (secondary N) is 1. The Hall–Kier alpha value is -0.830. The molecule has 17 heavy (non-hydrogen) atoms. The maximum absolute atomic E-state index is 6.07. The van der Waals surface area contributed by atoms with Crippen LogP contribution in [-0.4, -0.2) is 16.0 Å². The van der Waals surface area contributed by atoms with E-state index < -0.39 is 0 Å². The molecule has 1 aromatic rings. The summed E-state index contributed by atoms with van der Waals surface area (Å²) in [5.74, 6) is 1.62. The lowest BCUT2D eigenvalue weighted by atomic mass is 9.92. The second-order valence-corrected chi connectivity index (χ2v) is 6.14. The molecule has 4 heteroatoms. The zero-order valence-corrected chi connectivity index (χ0v) is 11.7. The van der Waals surface area contributed by atoms with Crippen molar-refractivity contribution < 1.29 is 0 Å². The molecule has 1 fully saturated rings. The van der Waals surface area contributed by atoms with Crippen molar-refractivity contribution in [3.05, 3.63) is 16.5 Å². The Balaban J connectivity index is 2.14. The third kappa shape index (κ3) is 2.89. The van der Waals surface area contributed by atoms with Crippen molar-refractivity contribution in [2.24, 2.45) is 5.41 Å². The van der Waals surface area contributed by atoms with Gasteiger partial charge >= 0.3 is 0 Å². The van der Waals surface area contributed by atoms with Crippen molar-refractivity contribution in [2.75, 3.05) is 5.32 Å². The smallest absolute Gasteiger partial charge is 0.137 e. The van der Waals surface area contributed by atoms with Gasteiger partial charge in [0.1, 0.15) is 16.8 Å². The lowest BCUT2D eigenvalue weighted by Crippen LogP contribution is -2.19. The Morgan fingerprint density at radius 3 is 2.59 bits per heavy atom. The standard InChI is InChI=1S/C13H20ClN3/c1-8-11(14)15-9(2)16-12(8)17-10-5-6-13(3,4)7-10/h10H,5-7H2,1-4H3,(H,15,16,17). The summed E-state index contributed by atoms with van der Waals surface area (Å²) in [6, 6.07) is 0.508. The third-order valence-corrected chi connectivity index (χ3v) is 3.88. The highest BCUT2D eigenvalue weighted by molar-refractivity contribution is 6.30. The molecular weight excluding hydrogens is 234 g/mol. The molecule has 1 saturated carbocycles. The van der Waals surface area contributed by atoms with E-state index >= 15 is 0 Å².